The zero-order valence-corrected chi connectivity index (χ0v) is 11.4. The molecule has 0 atom stereocenters. The van der Waals surface area contributed by atoms with Crippen molar-refractivity contribution >= 4 is 34.0 Å². The molecule has 0 fully saturated rings. The minimum Gasteiger partial charge on any atom is -0.422 e. The van der Waals surface area contributed by atoms with Gasteiger partial charge in [0.25, 0.3) is 0 Å². The Kier molecular flexibility index (Phi) is 3.62. The average molecular weight is 275 g/mol. The molecule has 1 heterocycles. The lowest BCUT2D eigenvalue weighted by Gasteiger charge is -2.11. The maximum absolute atomic E-state index is 11.9. The third-order valence-electron chi connectivity index (χ3n) is 2.65. The molecule has 0 unspecified atom stereocenters. The maximum Gasteiger partial charge on any atom is 0.345 e. The summed E-state index contributed by atoms with van der Waals surface area (Å²) >= 11 is 4.79. The standard InChI is InChI=1S/C13H13N3O2S/c1-8(15-16(2)13(14)19)10-7-9-5-3-4-6-11(9)18-12(10)17/h3-7H,1-2H3,(H2,14,19). The molecule has 0 aliphatic heterocycles. The fourth-order valence-corrected chi connectivity index (χ4v) is 1.68. The van der Waals surface area contributed by atoms with Gasteiger partial charge in [0.05, 0.1) is 11.3 Å². The lowest BCUT2D eigenvalue weighted by atomic mass is 10.1. The van der Waals surface area contributed by atoms with Crippen LogP contribution in [0.1, 0.15) is 12.5 Å². The smallest absolute Gasteiger partial charge is 0.345 e. The highest BCUT2D eigenvalue weighted by atomic mass is 32.1. The van der Waals surface area contributed by atoms with Crippen molar-refractivity contribution in [3.05, 3.63) is 46.3 Å². The van der Waals surface area contributed by atoms with E-state index >= 15 is 0 Å². The fourth-order valence-electron chi connectivity index (χ4n) is 1.64. The van der Waals surface area contributed by atoms with Crippen LogP contribution in [-0.4, -0.2) is 22.9 Å². The average Bonchev–Trinajstić information content (AvgIpc) is 2.37. The predicted octanol–water partition coefficient (Wildman–Crippen LogP) is 1.69. The molecule has 0 aliphatic carbocycles. The van der Waals surface area contributed by atoms with Crippen molar-refractivity contribution in [2.24, 2.45) is 10.8 Å². The first-order chi connectivity index (χ1) is 8.99. The molecule has 1 aromatic carbocycles. The van der Waals surface area contributed by atoms with Gasteiger partial charge < -0.3 is 10.2 Å². The predicted molar refractivity (Wildman–Crippen MR) is 79.2 cm³/mol. The number of hydrogen-bond donors (Lipinski definition) is 1. The van der Waals surface area contributed by atoms with E-state index in [4.69, 9.17) is 22.4 Å². The summed E-state index contributed by atoms with van der Waals surface area (Å²) in [5.74, 6) is 0. The van der Waals surface area contributed by atoms with Crippen LogP contribution in [0.15, 0.2) is 44.6 Å². The number of thiocarbonyl (C=S) groups is 1. The second kappa shape index (κ2) is 5.19. The molecular formula is C13H13N3O2S. The maximum atomic E-state index is 11.9. The monoisotopic (exact) mass is 275 g/mol. The molecular weight excluding hydrogens is 262 g/mol. The Balaban J connectivity index is 2.53. The second-order valence-electron chi connectivity index (χ2n) is 4.03. The van der Waals surface area contributed by atoms with Crippen LogP contribution in [0, 0.1) is 0 Å². The molecule has 2 rings (SSSR count). The van der Waals surface area contributed by atoms with E-state index in [1.807, 2.05) is 18.2 Å². The SMILES string of the molecule is CC(=NN(C)C(N)=S)c1cc2ccccc2oc1=O. The summed E-state index contributed by atoms with van der Waals surface area (Å²) in [7, 11) is 1.62. The molecule has 0 saturated heterocycles. The van der Waals surface area contributed by atoms with Crippen molar-refractivity contribution in [2.45, 2.75) is 6.92 Å². The lowest BCUT2D eigenvalue weighted by Crippen LogP contribution is -2.28. The van der Waals surface area contributed by atoms with Crippen molar-refractivity contribution in [1.82, 2.24) is 5.01 Å². The van der Waals surface area contributed by atoms with E-state index < -0.39 is 5.63 Å². The Labute approximate surface area is 115 Å². The van der Waals surface area contributed by atoms with Crippen LogP contribution in [0.5, 0.6) is 0 Å². The zero-order chi connectivity index (χ0) is 14.0. The Morgan fingerprint density at radius 3 is 2.79 bits per heavy atom. The number of fused-ring (bicyclic) bond motifs is 1. The Hall–Kier alpha value is -2.21. The highest BCUT2D eigenvalue weighted by Gasteiger charge is 2.09. The first-order valence-electron chi connectivity index (χ1n) is 5.60. The van der Waals surface area contributed by atoms with E-state index in [0.717, 1.165) is 5.39 Å². The molecule has 98 valence electrons. The van der Waals surface area contributed by atoms with Gasteiger partial charge in [-0.2, -0.15) is 5.10 Å². The van der Waals surface area contributed by atoms with Crippen LogP contribution in [0.2, 0.25) is 0 Å². The number of rotatable bonds is 2. The van der Waals surface area contributed by atoms with Crippen molar-refractivity contribution in [3.8, 4) is 0 Å². The summed E-state index contributed by atoms with van der Waals surface area (Å²) in [5.41, 5.74) is 6.44. The number of nitrogens with zero attached hydrogens (tertiary/aromatic N) is 2. The highest BCUT2D eigenvalue weighted by molar-refractivity contribution is 7.80. The summed E-state index contributed by atoms with van der Waals surface area (Å²) in [6.07, 6.45) is 0. The molecule has 5 nitrogen and oxygen atoms in total. The van der Waals surface area contributed by atoms with Gasteiger partial charge in [-0.15, -0.1) is 0 Å². The van der Waals surface area contributed by atoms with Crippen molar-refractivity contribution in [3.63, 3.8) is 0 Å². The van der Waals surface area contributed by atoms with E-state index in [1.165, 1.54) is 5.01 Å². The van der Waals surface area contributed by atoms with E-state index in [2.05, 4.69) is 5.10 Å². The molecule has 1 aromatic heterocycles. The topological polar surface area (TPSA) is 71.8 Å². The molecule has 19 heavy (non-hydrogen) atoms. The first kappa shape index (κ1) is 13.2. The summed E-state index contributed by atoms with van der Waals surface area (Å²) < 4.78 is 5.24. The Morgan fingerprint density at radius 1 is 1.42 bits per heavy atom. The van der Waals surface area contributed by atoms with Gasteiger partial charge in [-0.25, -0.2) is 9.80 Å². The third kappa shape index (κ3) is 2.79. The lowest BCUT2D eigenvalue weighted by molar-refractivity contribution is 0.543. The molecule has 0 bridgehead atoms. The number of hydrazone groups is 1. The molecule has 0 aliphatic rings. The van der Waals surface area contributed by atoms with Gasteiger partial charge in [0, 0.05) is 12.4 Å². The first-order valence-corrected chi connectivity index (χ1v) is 6.01. The quantitative estimate of drug-likeness (QED) is 0.391. The van der Waals surface area contributed by atoms with E-state index in [1.54, 1.807) is 26.1 Å². The van der Waals surface area contributed by atoms with E-state index in [0.29, 0.717) is 16.9 Å². The van der Waals surface area contributed by atoms with Crippen LogP contribution >= 0.6 is 12.2 Å². The van der Waals surface area contributed by atoms with E-state index in [-0.39, 0.29) is 5.11 Å². The molecule has 2 aromatic rings. The van der Waals surface area contributed by atoms with Crippen molar-refractivity contribution in [2.75, 3.05) is 7.05 Å². The van der Waals surface area contributed by atoms with Gasteiger partial charge in [-0.1, -0.05) is 18.2 Å². The molecule has 0 spiro atoms. The zero-order valence-electron chi connectivity index (χ0n) is 10.6. The molecule has 2 N–H and O–H groups in total. The van der Waals surface area contributed by atoms with Crippen LogP contribution in [-0.2, 0) is 0 Å². The van der Waals surface area contributed by atoms with Gasteiger partial charge in [0.1, 0.15) is 5.58 Å². The minimum absolute atomic E-state index is 0.129. The molecule has 0 amide bonds. The van der Waals surface area contributed by atoms with Crippen LogP contribution < -0.4 is 11.4 Å². The van der Waals surface area contributed by atoms with Crippen LogP contribution in [0.25, 0.3) is 11.0 Å². The van der Waals surface area contributed by atoms with Gasteiger partial charge in [-0.3, -0.25) is 0 Å². The van der Waals surface area contributed by atoms with Crippen LogP contribution in [0.3, 0.4) is 0 Å². The molecule has 6 heteroatoms. The summed E-state index contributed by atoms with van der Waals surface area (Å²) in [6.45, 7) is 1.70. The van der Waals surface area contributed by atoms with Gasteiger partial charge in [-0.05, 0) is 31.3 Å². The van der Waals surface area contributed by atoms with Crippen molar-refractivity contribution < 1.29 is 4.42 Å². The number of nitrogens with two attached hydrogens (primary N) is 1. The third-order valence-corrected chi connectivity index (χ3v) is 2.91. The molecule has 0 radical (unpaired) electrons. The number of hydrogen-bond acceptors (Lipinski definition) is 4. The van der Waals surface area contributed by atoms with Gasteiger partial charge >= 0.3 is 5.63 Å². The largest absolute Gasteiger partial charge is 0.422 e. The summed E-state index contributed by atoms with van der Waals surface area (Å²) in [5, 5.41) is 6.44. The fraction of sp³-hybridized carbons (Fsp3) is 0.154. The summed E-state index contributed by atoms with van der Waals surface area (Å²) in [4.78, 5) is 11.9. The Morgan fingerprint density at radius 2 is 2.11 bits per heavy atom. The normalized spacial score (nSPS) is 11.6. The van der Waals surface area contributed by atoms with Gasteiger partial charge in [0.15, 0.2) is 5.11 Å². The highest BCUT2D eigenvalue weighted by Crippen LogP contribution is 2.13. The van der Waals surface area contributed by atoms with E-state index in [9.17, 15) is 4.79 Å². The second-order valence-corrected chi connectivity index (χ2v) is 4.45. The van der Waals surface area contributed by atoms with Crippen LogP contribution in [0.4, 0.5) is 0 Å². The number of para-hydroxylation sites is 1. The molecule has 0 saturated carbocycles. The van der Waals surface area contributed by atoms with Crippen molar-refractivity contribution in [1.29, 1.82) is 0 Å². The summed E-state index contributed by atoms with van der Waals surface area (Å²) in [6, 6.07) is 9.04. The minimum atomic E-state index is -0.434. The Bertz CT molecular complexity index is 721. The van der Waals surface area contributed by atoms with Gasteiger partial charge in [0.2, 0.25) is 0 Å². The number of benzene rings is 1.